The van der Waals surface area contributed by atoms with Crippen LogP contribution in [0.25, 0.3) is 0 Å². The molecule has 4 heteroatoms. The highest BCUT2D eigenvalue weighted by molar-refractivity contribution is 5.78. The Kier molecular flexibility index (Phi) is 3.37. The molecule has 1 amide bonds. The summed E-state index contributed by atoms with van der Waals surface area (Å²) >= 11 is 0. The number of hydrogen-bond donors (Lipinski definition) is 2. The number of carbonyl (C=O) groups is 1. The zero-order chi connectivity index (χ0) is 9.68. The number of unbranched alkanes of at least 4 members (excludes halogenated alkanes) is 1. The van der Waals surface area contributed by atoms with Crippen LogP contribution in [0.3, 0.4) is 0 Å². The fourth-order valence-electron chi connectivity index (χ4n) is 1.00. The highest BCUT2D eigenvalue weighted by Gasteiger charge is 2.05. The lowest BCUT2D eigenvalue weighted by molar-refractivity contribution is 0.239. The molecule has 13 heavy (non-hydrogen) atoms. The summed E-state index contributed by atoms with van der Waals surface area (Å²) in [5.74, 6) is -0.0333. The molecule has 1 heterocycles. The molecule has 72 valence electrons. The summed E-state index contributed by atoms with van der Waals surface area (Å²) in [6.45, 7) is 2.70. The Balaban J connectivity index is 2.45. The molecule has 0 aliphatic carbocycles. The largest absolute Gasteiger partial charge is 0.494 e. The van der Waals surface area contributed by atoms with E-state index in [1.807, 2.05) is 0 Å². The Bertz CT molecular complexity index is 281. The Labute approximate surface area is 77.2 Å². The van der Waals surface area contributed by atoms with Gasteiger partial charge in [0.25, 0.3) is 0 Å². The molecule has 1 aromatic heterocycles. The smallest absolute Gasteiger partial charge is 0.328 e. The van der Waals surface area contributed by atoms with Crippen LogP contribution < -0.4 is 5.32 Å². The van der Waals surface area contributed by atoms with Gasteiger partial charge in [0.1, 0.15) is 0 Å². The molecular formula is C9H14N2O2. The second-order valence-corrected chi connectivity index (χ2v) is 2.82. The first-order chi connectivity index (χ1) is 6.25. The fraction of sp³-hybridized carbons (Fsp3) is 0.444. The summed E-state index contributed by atoms with van der Waals surface area (Å²) in [7, 11) is 0. The van der Waals surface area contributed by atoms with E-state index in [-0.39, 0.29) is 11.9 Å². The molecule has 1 aromatic rings. The van der Waals surface area contributed by atoms with Crippen molar-refractivity contribution in [2.75, 3.05) is 6.54 Å². The molecule has 0 saturated heterocycles. The van der Waals surface area contributed by atoms with E-state index in [2.05, 4.69) is 12.2 Å². The van der Waals surface area contributed by atoms with E-state index in [0.717, 1.165) is 12.8 Å². The van der Waals surface area contributed by atoms with Crippen molar-refractivity contribution in [3.63, 3.8) is 0 Å². The first-order valence-electron chi connectivity index (χ1n) is 4.40. The maximum atomic E-state index is 11.3. The predicted octanol–water partition coefficient (Wildman–Crippen LogP) is 1.55. The maximum absolute atomic E-state index is 11.3. The molecule has 4 nitrogen and oxygen atoms in total. The van der Waals surface area contributed by atoms with Crippen LogP contribution in [0, 0.1) is 0 Å². The SMILES string of the molecule is CCCCNC(=O)n1cccc1O. The van der Waals surface area contributed by atoms with Crippen molar-refractivity contribution in [1.82, 2.24) is 9.88 Å². The Hall–Kier alpha value is -1.45. The van der Waals surface area contributed by atoms with Gasteiger partial charge in [0.05, 0.1) is 0 Å². The number of hydrogen-bond acceptors (Lipinski definition) is 2. The molecule has 0 fully saturated rings. The second kappa shape index (κ2) is 4.54. The van der Waals surface area contributed by atoms with Crippen LogP contribution in [-0.2, 0) is 0 Å². The van der Waals surface area contributed by atoms with Crippen molar-refractivity contribution < 1.29 is 9.90 Å². The first kappa shape index (κ1) is 9.64. The molecular weight excluding hydrogens is 168 g/mol. The van der Waals surface area contributed by atoms with Crippen LogP contribution in [0.5, 0.6) is 5.88 Å². The van der Waals surface area contributed by atoms with Crippen molar-refractivity contribution in [3.8, 4) is 5.88 Å². The average Bonchev–Trinajstić information content (AvgIpc) is 2.52. The molecule has 0 unspecified atom stereocenters. The van der Waals surface area contributed by atoms with Crippen molar-refractivity contribution in [2.45, 2.75) is 19.8 Å². The lowest BCUT2D eigenvalue weighted by Crippen LogP contribution is -2.28. The second-order valence-electron chi connectivity index (χ2n) is 2.82. The van der Waals surface area contributed by atoms with Crippen molar-refractivity contribution >= 4 is 6.03 Å². The van der Waals surface area contributed by atoms with Gasteiger partial charge in [0.15, 0.2) is 5.88 Å². The van der Waals surface area contributed by atoms with E-state index in [9.17, 15) is 9.90 Å². The Morgan fingerprint density at radius 1 is 1.69 bits per heavy atom. The number of carbonyl (C=O) groups excluding carboxylic acids is 1. The number of nitrogens with zero attached hydrogens (tertiary/aromatic N) is 1. The minimum Gasteiger partial charge on any atom is -0.494 e. The van der Waals surface area contributed by atoms with E-state index in [4.69, 9.17) is 0 Å². The predicted molar refractivity (Wildman–Crippen MR) is 49.8 cm³/mol. The summed E-state index contributed by atoms with van der Waals surface area (Å²) in [6, 6.07) is 2.81. The fourth-order valence-corrected chi connectivity index (χ4v) is 1.00. The van der Waals surface area contributed by atoms with Crippen molar-refractivity contribution in [1.29, 1.82) is 0 Å². The van der Waals surface area contributed by atoms with Gasteiger partial charge in [-0.25, -0.2) is 9.36 Å². The molecule has 0 radical (unpaired) electrons. The molecule has 0 aromatic carbocycles. The van der Waals surface area contributed by atoms with E-state index < -0.39 is 0 Å². The molecule has 0 spiro atoms. The zero-order valence-electron chi connectivity index (χ0n) is 7.66. The number of aromatic hydroxyl groups is 1. The van der Waals surface area contributed by atoms with Gasteiger partial charge >= 0.3 is 6.03 Å². The molecule has 0 aliphatic heterocycles. The standard InChI is InChI=1S/C9H14N2O2/c1-2-3-6-10-9(13)11-7-4-5-8(11)12/h4-5,7,12H,2-3,6H2,1H3,(H,10,13). The van der Waals surface area contributed by atoms with Gasteiger partial charge in [-0.15, -0.1) is 0 Å². The van der Waals surface area contributed by atoms with Gasteiger partial charge in [-0.05, 0) is 12.5 Å². The lowest BCUT2D eigenvalue weighted by atomic mass is 10.3. The summed E-state index contributed by atoms with van der Waals surface area (Å²) in [6.07, 6.45) is 3.52. The quantitative estimate of drug-likeness (QED) is 0.697. The van der Waals surface area contributed by atoms with Gasteiger partial charge in [-0.3, -0.25) is 0 Å². The molecule has 0 bridgehead atoms. The van der Waals surface area contributed by atoms with Crippen molar-refractivity contribution in [2.24, 2.45) is 0 Å². The molecule has 0 saturated carbocycles. The van der Waals surface area contributed by atoms with E-state index in [1.165, 1.54) is 16.8 Å². The van der Waals surface area contributed by atoms with E-state index in [0.29, 0.717) is 6.54 Å². The van der Waals surface area contributed by atoms with Crippen LogP contribution in [0.2, 0.25) is 0 Å². The monoisotopic (exact) mass is 182 g/mol. The third-order valence-corrected chi connectivity index (χ3v) is 1.75. The first-order valence-corrected chi connectivity index (χ1v) is 4.40. The zero-order valence-corrected chi connectivity index (χ0v) is 7.66. The molecule has 2 N–H and O–H groups in total. The van der Waals surface area contributed by atoms with E-state index in [1.54, 1.807) is 6.07 Å². The maximum Gasteiger partial charge on any atom is 0.328 e. The lowest BCUT2D eigenvalue weighted by Gasteiger charge is -2.05. The van der Waals surface area contributed by atoms with Crippen LogP contribution in [-0.4, -0.2) is 22.2 Å². The van der Waals surface area contributed by atoms with Gasteiger partial charge in [0, 0.05) is 18.8 Å². The highest BCUT2D eigenvalue weighted by atomic mass is 16.3. The third kappa shape index (κ3) is 2.50. The van der Waals surface area contributed by atoms with Crippen LogP contribution >= 0.6 is 0 Å². The van der Waals surface area contributed by atoms with Gasteiger partial charge in [-0.2, -0.15) is 0 Å². The topological polar surface area (TPSA) is 54.3 Å². The minimum absolute atomic E-state index is 0.0333. The highest BCUT2D eigenvalue weighted by Crippen LogP contribution is 2.07. The average molecular weight is 182 g/mol. The van der Waals surface area contributed by atoms with Crippen LogP contribution in [0.15, 0.2) is 18.3 Å². The van der Waals surface area contributed by atoms with Crippen LogP contribution in [0.4, 0.5) is 4.79 Å². The van der Waals surface area contributed by atoms with Gasteiger partial charge in [0.2, 0.25) is 0 Å². The van der Waals surface area contributed by atoms with Gasteiger partial charge < -0.3 is 10.4 Å². The Morgan fingerprint density at radius 2 is 2.46 bits per heavy atom. The minimum atomic E-state index is -0.282. The van der Waals surface area contributed by atoms with Crippen LogP contribution in [0.1, 0.15) is 19.8 Å². The molecule has 0 atom stereocenters. The van der Waals surface area contributed by atoms with Crippen molar-refractivity contribution in [3.05, 3.63) is 18.3 Å². The molecule has 1 rings (SSSR count). The summed E-state index contributed by atoms with van der Waals surface area (Å²) in [5, 5.41) is 11.9. The number of nitrogens with one attached hydrogen (secondary N) is 1. The molecule has 0 aliphatic rings. The van der Waals surface area contributed by atoms with Gasteiger partial charge in [-0.1, -0.05) is 13.3 Å². The summed E-state index contributed by atoms with van der Waals surface area (Å²) < 4.78 is 1.18. The Morgan fingerprint density at radius 3 is 3.00 bits per heavy atom. The summed E-state index contributed by atoms with van der Waals surface area (Å²) in [4.78, 5) is 11.3. The number of rotatable bonds is 3. The third-order valence-electron chi connectivity index (χ3n) is 1.75. The number of amides is 1. The summed E-state index contributed by atoms with van der Waals surface area (Å²) in [5.41, 5.74) is 0. The normalized spacial score (nSPS) is 9.92. The van der Waals surface area contributed by atoms with E-state index >= 15 is 0 Å². The number of aromatic nitrogens is 1.